The monoisotopic (exact) mass is 483 g/mol. The van der Waals surface area contributed by atoms with Crippen LogP contribution in [0.3, 0.4) is 0 Å². The molecule has 0 fully saturated rings. The van der Waals surface area contributed by atoms with Crippen LogP contribution in [-0.2, 0) is 23.1 Å². The second-order valence-corrected chi connectivity index (χ2v) is 8.24. The Hall–Kier alpha value is -2.26. The molecule has 0 unspecified atom stereocenters. The summed E-state index contributed by atoms with van der Waals surface area (Å²) in [6, 6.07) is 11.9. The Kier molecular flexibility index (Phi) is 7.60. The summed E-state index contributed by atoms with van der Waals surface area (Å²) < 4.78 is 1.66. The van der Waals surface area contributed by atoms with Crippen molar-refractivity contribution in [3.8, 4) is 0 Å². The van der Waals surface area contributed by atoms with Gasteiger partial charge in [-0.15, -0.1) is 10.2 Å². The number of anilines is 2. The summed E-state index contributed by atoms with van der Waals surface area (Å²) in [5.74, 6) is -0.00491. The van der Waals surface area contributed by atoms with Gasteiger partial charge in [0, 0.05) is 7.05 Å². The number of rotatable bonds is 7. The fourth-order valence-electron chi connectivity index (χ4n) is 2.44. The van der Waals surface area contributed by atoms with Gasteiger partial charge in [0.05, 0.1) is 38.6 Å². The van der Waals surface area contributed by atoms with E-state index in [1.54, 1.807) is 54.1 Å². The highest BCUT2D eigenvalue weighted by atomic mass is 35.5. The SMILES string of the molecule is Cn1c(CC(=O)Nc2ccccc2Cl)nnc1SCC(=O)Nc1cccc(Cl)c1Cl. The molecular weight excluding hydrogens is 469 g/mol. The predicted octanol–water partition coefficient (Wildman–Crippen LogP) is 4.69. The van der Waals surface area contributed by atoms with Crippen molar-refractivity contribution in [1.82, 2.24) is 14.8 Å². The van der Waals surface area contributed by atoms with Crippen LogP contribution in [0.1, 0.15) is 5.82 Å². The number of amides is 2. The van der Waals surface area contributed by atoms with Crippen LogP contribution in [0.15, 0.2) is 47.6 Å². The van der Waals surface area contributed by atoms with Gasteiger partial charge in [-0.1, -0.05) is 64.8 Å². The van der Waals surface area contributed by atoms with Crippen LogP contribution in [-0.4, -0.2) is 32.3 Å². The standard InChI is InChI=1S/C19H16Cl3N5O2S/c1-27-15(9-16(28)23-13-7-3-2-5-11(13)20)25-26-19(27)30-10-17(29)24-14-8-4-6-12(21)18(14)22/h2-8H,9-10H2,1H3,(H,23,28)(H,24,29). The summed E-state index contributed by atoms with van der Waals surface area (Å²) >= 11 is 19.3. The maximum absolute atomic E-state index is 12.3. The van der Waals surface area contributed by atoms with Gasteiger partial charge in [-0.3, -0.25) is 9.59 Å². The summed E-state index contributed by atoms with van der Waals surface area (Å²) in [7, 11) is 1.73. The minimum atomic E-state index is -0.275. The number of nitrogens with zero attached hydrogens (tertiary/aromatic N) is 3. The van der Waals surface area contributed by atoms with Crippen LogP contribution >= 0.6 is 46.6 Å². The highest BCUT2D eigenvalue weighted by Gasteiger charge is 2.16. The third-order valence-corrected chi connectivity index (χ3v) is 6.12. The second-order valence-electron chi connectivity index (χ2n) is 6.10. The Morgan fingerprint density at radius 2 is 1.60 bits per heavy atom. The minimum absolute atomic E-state index is 0.0135. The number of carbonyl (C=O) groups excluding carboxylic acids is 2. The van der Waals surface area contributed by atoms with Gasteiger partial charge in [0.25, 0.3) is 0 Å². The summed E-state index contributed by atoms with van der Waals surface area (Å²) in [6.45, 7) is 0. The first-order valence-electron chi connectivity index (χ1n) is 8.64. The van der Waals surface area contributed by atoms with Crippen molar-refractivity contribution in [3.05, 3.63) is 63.4 Å². The molecule has 3 rings (SSSR count). The number of carbonyl (C=O) groups is 2. The minimum Gasteiger partial charge on any atom is -0.324 e. The third kappa shape index (κ3) is 5.66. The van der Waals surface area contributed by atoms with Crippen molar-refractivity contribution >= 4 is 69.8 Å². The van der Waals surface area contributed by atoms with Gasteiger partial charge in [0.1, 0.15) is 5.82 Å². The fourth-order valence-corrected chi connectivity index (χ4v) is 3.70. The maximum Gasteiger partial charge on any atom is 0.234 e. The molecule has 3 aromatic rings. The number of halogens is 3. The van der Waals surface area contributed by atoms with Crippen LogP contribution in [0.25, 0.3) is 0 Å². The lowest BCUT2D eigenvalue weighted by molar-refractivity contribution is -0.116. The number of para-hydroxylation sites is 1. The zero-order valence-electron chi connectivity index (χ0n) is 15.7. The van der Waals surface area contributed by atoms with Crippen molar-refractivity contribution in [2.24, 2.45) is 7.05 Å². The Morgan fingerprint density at radius 3 is 2.37 bits per heavy atom. The lowest BCUT2D eigenvalue weighted by Crippen LogP contribution is -2.17. The molecule has 0 bridgehead atoms. The molecule has 7 nitrogen and oxygen atoms in total. The normalized spacial score (nSPS) is 10.7. The smallest absolute Gasteiger partial charge is 0.234 e. The molecule has 2 N–H and O–H groups in total. The van der Waals surface area contributed by atoms with E-state index in [2.05, 4.69) is 20.8 Å². The molecular formula is C19H16Cl3N5O2S. The van der Waals surface area contributed by atoms with Crippen LogP contribution in [0.4, 0.5) is 11.4 Å². The van der Waals surface area contributed by atoms with Crippen molar-refractivity contribution < 1.29 is 9.59 Å². The quantitative estimate of drug-likeness (QED) is 0.475. The molecule has 0 saturated carbocycles. The molecule has 0 saturated heterocycles. The molecule has 0 aliphatic heterocycles. The summed E-state index contributed by atoms with van der Waals surface area (Å²) in [4.78, 5) is 24.5. The van der Waals surface area contributed by atoms with E-state index in [-0.39, 0.29) is 29.0 Å². The lowest BCUT2D eigenvalue weighted by Gasteiger charge is -2.08. The van der Waals surface area contributed by atoms with Gasteiger partial charge >= 0.3 is 0 Å². The zero-order valence-corrected chi connectivity index (χ0v) is 18.7. The predicted molar refractivity (Wildman–Crippen MR) is 121 cm³/mol. The molecule has 0 spiro atoms. The molecule has 1 aromatic heterocycles. The lowest BCUT2D eigenvalue weighted by atomic mass is 10.3. The maximum atomic E-state index is 12.3. The van der Waals surface area contributed by atoms with Gasteiger partial charge in [0.2, 0.25) is 11.8 Å². The molecule has 156 valence electrons. The highest BCUT2D eigenvalue weighted by molar-refractivity contribution is 7.99. The molecule has 0 aliphatic rings. The first-order chi connectivity index (χ1) is 14.3. The van der Waals surface area contributed by atoms with E-state index in [0.717, 1.165) is 0 Å². The Bertz CT molecular complexity index is 1090. The van der Waals surface area contributed by atoms with Gasteiger partial charge in [0.15, 0.2) is 5.16 Å². The first kappa shape index (κ1) is 22.4. The number of aromatic nitrogens is 3. The average molecular weight is 485 g/mol. The molecule has 0 radical (unpaired) electrons. The number of benzene rings is 2. The van der Waals surface area contributed by atoms with Crippen LogP contribution in [0, 0.1) is 0 Å². The van der Waals surface area contributed by atoms with Gasteiger partial charge in [-0.25, -0.2) is 0 Å². The Labute approximate surface area is 192 Å². The fraction of sp³-hybridized carbons (Fsp3) is 0.158. The van der Waals surface area contributed by atoms with Gasteiger partial charge in [-0.05, 0) is 24.3 Å². The molecule has 2 amide bonds. The highest BCUT2D eigenvalue weighted by Crippen LogP contribution is 2.29. The molecule has 0 aliphatic carbocycles. The number of thioether (sulfide) groups is 1. The zero-order chi connectivity index (χ0) is 21.7. The topological polar surface area (TPSA) is 88.9 Å². The Balaban J connectivity index is 1.56. The molecule has 11 heteroatoms. The van der Waals surface area contributed by atoms with E-state index >= 15 is 0 Å². The van der Waals surface area contributed by atoms with Crippen molar-refractivity contribution in [3.63, 3.8) is 0 Å². The largest absolute Gasteiger partial charge is 0.324 e. The van der Waals surface area contributed by atoms with Gasteiger partial charge in [-0.2, -0.15) is 0 Å². The number of hydrogen-bond acceptors (Lipinski definition) is 5. The third-order valence-electron chi connectivity index (χ3n) is 3.95. The summed E-state index contributed by atoms with van der Waals surface area (Å²) in [5.41, 5.74) is 0.960. The Morgan fingerprint density at radius 1 is 0.933 bits per heavy atom. The van der Waals surface area contributed by atoms with E-state index in [9.17, 15) is 9.59 Å². The molecule has 30 heavy (non-hydrogen) atoms. The van der Waals surface area contributed by atoms with Crippen LogP contribution in [0.5, 0.6) is 0 Å². The van der Waals surface area contributed by atoms with Crippen LogP contribution in [0.2, 0.25) is 15.1 Å². The summed E-state index contributed by atoms with van der Waals surface area (Å²) in [6.07, 6.45) is 0.0135. The van der Waals surface area contributed by atoms with Gasteiger partial charge < -0.3 is 15.2 Å². The van der Waals surface area contributed by atoms with E-state index in [0.29, 0.717) is 32.4 Å². The second kappa shape index (κ2) is 10.2. The van der Waals surface area contributed by atoms with Crippen LogP contribution < -0.4 is 10.6 Å². The van der Waals surface area contributed by atoms with Crippen molar-refractivity contribution in [2.45, 2.75) is 11.6 Å². The summed E-state index contributed by atoms with van der Waals surface area (Å²) in [5, 5.41) is 15.1. The molecule has 0 atom stereocenters. The molecule has 1 heterocycles. The number of nitrogens with one attached hydrogen (secondary N) is 2. The van der Waals surface area contributed by atoms with E-state index in [1.165, 1.54) is 11.8 Å². The number of hydrogen-bond donors (Lipinski definition) is 2. The molecule has 2 aromatic carbocycles. The average Bonchev–Trinajstić information content (AvgIpc) is 3.05. The van der Waals surface area contributed by atoms with E-state index < -0.39 is 0 Å². The van der Waals surface area contributed by atoms with E-state index in [1.807, 2.05) is 0 Å². The van der Waals surface area contributed by atoms with E-state index in [4.69, 9.17) is 34.8 Å². The van der Waals surface area contributed by atoms with Crippen molar-refractivity contribution in [1.29, 1.82) is 0 Å². The van der Waals surface area contributed by atoms with Crippen molar-refractivity contribution in [2.75, 3.05) is 16.4 Å². The first-order valence-corrected chi connectivity index (χ1v) is 10.8.